The molecule has 1 unspecified atom stereocenters. The van der Waals surface area contributed by atoms with Crippen molar-refractivity contribution in [2.45, 2.75) is 32.2 Å². The highest BCUT2D eigenvalue weighted by molar-refractivity contribution is 5.35. The van der Waals surface area contributed by atoms with E-state index in [4.69, 9.17) is 0 Å². The molecule has 0 bridgehead atoms. The van der Waals surface area contributed by atoms with Crippen molar-refractivity contribution >= 4 is 24.3 Å². The van der Waals surface area contributed by atoms with Crippen LogP contribution >= 0.6 is 0 Å². The van der Waals surface area contributed by atoms with Crippen LogP contribution in [0.2, 0.25) is 0 Å². The summed E-state index contributed by atoms with van der Waals surface area (Å²) in [5, 5.41) is 0. The Kier molecular flexibility index (Phi) is 17.8. The number of nitrogens with zero attached hydrogens (tertiary/aromatic N) is 4. The van der Waals surface area contributed by atoms with E-state index >= 15 is 0 Å². The van der Waals surface area contributed by atoms with Gasteiger partial charge in [0.15, 0.2) is 6.67 Å². The molecule has 0 fully saturated rings. The van der Waals surface area contributed by atoms with Crippen LogP contribution in [0.15, 0.2) is 20.0 Å². The number of rotatable bonds is 8. The monoisotopic (exact) mass is 266 g/mol. The minimum absolute atomic E-state index is 0.0318. The molecule has 0 amide bonds. The van der Waals surface area contributed by atoms with Crippen LogP contribution in [-0.4, -0.2) is 43.6 Å². The summed E-state index contributed by atoms with van der Waals surface area (Å²) in [6.07, 6.45) is 7.75. The molecule has 0 aromatic heterocycles. The van der Waals surface area contributed by atoms with E-state index in [9.17, 15) is 19.2 Å². The van der Waals surface area contributed by atoms with Gasteiger partial charge in [-0.05, 0) is 19.3 Å². The van der Waals surface area contributed by atoms with E-state index in [0.29, 0.717) is 6.54 Å². The number of isocyanates is 4. The lowest BCUT2D eigenvalue weighted by Gasteiger charge is -2.04. The largest absolute Gasteiger partial charge is 0.236 e. The van der Waals surface area contributed by atoms with E-state index in [1.807, 2.05) is 6.92 Å². The Morgan fingerprint density at radius 1 is 0.895 bits per heavy atom. The lowest BCUT2D eigenvalue weighted by molar-refractivity contribution is 0.536. The Balaban J connectivity index is 0. The van der Waals surface area contributed by atoms with Crippen LogP contribution in [0.4, 0.5) is 0 Å². The molecule has 8 heteroatoms. The molecule has 19 heavy (non-hydrogen) atoms. The molecule has 8 nitrogen and oxygen atoms in total. The van der Waals surface area contributed by atoms with Gasteiger partial charge in [-0.2, -0.15) is 9.98 Å². The fourth-order valence-electron chi connectivity index (χ4n) is 0.979. The average molecular weight is 266 g/mol. The lowest BCUT2D eigenvalue weighted by atomic mass is 10.1. The first-order valence-electron chi connectivity index (χ1n) is 5.44. The van der Waals surface area contributed by atoms with Gasteiger partial charge in [-0.25, -0.2) is 29.2 Å². The predicted molar refractivity (Wildman–Crippen MR) is 65.5 cm³/mol. The maximum Gasteiger partial charge on any atom is 0.236 e. The number of carbonyl (C=O) groups excluding carboxylic acids is 4. The normalized spacial score (nSPS) is 9.11. The Labute approximate surface area is 110 Å². The minimum Gasteiger partial charge on any atom is -0.211 e. The highest BCUT2D eigenvalue weighted by Gasteiger charge is 2.01. The first-order valence-corrected chi connectivity index (χ1v) is 5.44. The number of hydrogen-bond donors (Lipinski definition) is 0. The smallest absolute Gasteiger partial charge is 0.211 e. The molecule has 102 valence electrons. The number of hydrogen-bond acceptors (Lipinski definition) is 8. The lowest BCUT2D eigenvalue weighted by Crippen LogP contribution is -2.02. The Bertz CT molecular complexity index is 396. The average Bonchev–Trinajstić information content (AvgIpc) is 2.43. The SMILES string of the molecule is CCC(CCCN=C=O)N=C=O.O=C=NCN=C=O. The third kappa shape index (κ3) is 18.1. The van der Waals surface area contributed by atoms with Gasteiger partial charge in [0.1, 0.15) is 0 Å². The Morgan fingerprint density at radius 2 is 1.47 bits per heavy atom. The van der Waals surface area contributed by atoms with Gasteiger partial charge in [0.05, 0.1) is 12.6 Å². The number of aliphatic imine (C=N–C) groups is 4. The van der Waals surface area contributed by atoms with Crippen LogP contribution in [0, 0.1) is 0 Å². The molecule has 0 aromatic rings. The molecular weight excluding hydrogens is 252 g/mol. The quantitative estimate of drug-likeness (QED) is 0.367. The van der Waals surface area contributed by atoms with Gasteiger partial charge < -0.3 is 0 Å². The summed E-state index contributed by atoms with van der Waals surface area (Å²) in [7, 11) is 0. The Morgan fingerprint density at radius 3 is 1.89 bits per heavy atom. The van der Waals surface area contributed by atoms with Crippen LogP contribution in [-0.2, 0) is 19.2 Å². The molecular formula is C11H14N4O4. The third-order valence-electron chi connectivity index (χ3n) is 1.85. The van der Waals surface area contributed by atoms with E-state index in [-0.39, 0.29) is 12.7 Å². The van der Waals surface area contributed by atoms with Crippen LogP contribution in [0.5, 0.6) is 0 Å². The minimum atomic E-state index is -0.160. The maximum absolute atomic E-state index is 9.89. The molecule has 0 radical (unpaired) electrons. The Hall–Kier alpha value is -2.48. The molecule has 0 aliphatic rings. The zero-order chi connectivity index (χ0) is 14.8. The molecule has 0 aromatic carbocycles. The van der Waals surface area contributed by atoms with Gasteiger partial charge in [0.2, 0.25) is 24.3 Å². The molecule has 0 N–H and O–H groups in total. The maximum atomic E-state index is 9.89. The topological polar surface area (TPSA) is 118 Å². The highest BCUT2D eigenvalue weighted by Crippen LogP contribution is 2.05. The van der Waals surface area contributed by atoms with Gasteiger partial charge in [-0.3, -0.25) is 0 Å². The van der Waals surface area contributed by atoms with Crippen molar-refractivity contribution in [1.82, 2.24) is 0 Å². The fraction of sp³-hybridized carbons (Fsp3) is 0.636. The molecule has 0 rings (SSSR count). The standard InChI is InChI=1S/C8H12N2O2.C3H2N2O2/c1-2-8(10-7-12)4-3-5-9-6-11;6-2-4-1-5-3-7/h8H,2-5H2,1H3;1H2. The zero-order valence-corrected chi connectivity index (χ0v) is 10.5. The summed E-state index contributed by atoms with van der Waals surface area (Å²) in [5.74, 6) is 0. The van der Waals surface area contributed by atoms with Crippen LogP contribution < -0.4 is 0 Å². The zero-order valence-electron chi connectivity index (χ0n) is 10.5. The molecule has 0 saturated heterocycles. The summed E-state index contributed by atoms with van der Waals surface area (Å²) in [6.45, 7) is 2.26. The second-order valence-electron chi connectivity index (χ2n) is 3.04. The summed E-state index contributed by atoms with van der Waals surface area (Å²) < 4.78 is 0. The van der Waals surface area contributed by atoms with Gasteiger partial charge in [-0.15, -0.1) is 0 Å². The summed E-state index contributed by atoms with van der Waals surface area (Å²) in [4.78, 5) is 50.8. The second kappa shape index (κ2) is 17.9. The van der Waals surface area contributed by atoms with Crippen molar-refractivity contribution in [2.24, 2.45) is 20.0 Å². The second-order valence-corrected chi connectivity index (χ2v) is 3.04. The van der Waals surface area contributed by atoms with Crippen molar-refractivity contribution < 1.29 is 19.2 Å². The summed E-state index contributed by atoms with van der Waals surface area (Å²) in [5.41, 5.74) is 0. The van der Waals surface area contributed by atoms with Gasteiger partial charge >= 0.3 is 0 Å². The van der Waals surface area contributed by atoms with Crippen LogP contribution in [0.25, 0.3) is 0 Å². The van der Waals surface area contributed by atoms with Crippen molar-refractivity contribution in [3.63, 3.8) is 0 Å². The summed E-state index contributed by atoms with van der Waals surface area (Å²) in [6, 6.07) is 0.0318. The first kappa shape index (κ1) is 18.9. The van der Waals surface area contributed by atoms with E-state index in [2.05, 4.69) is 20.0 Å². The molecule has 0 spiro atoms. The van der Waals surface area contributed by atoms with Crippen molar-refractivity contribution in [3.05, 3.63) is 0 Å². The fourth-order valence-corrected chi connectivity index (χ4v) is 0.979. The molecule has 0 aliphatic carbocycles. The van der Waals surface area contributed by atoms with Gasteiger partial charge in [0, 0.05) is 0 Å². The molecule has 0 heterocycles. The van der Waals surface area contributed by atoms with E-state index in [0.717, 1.165) is 19.3 Å². The molecule has 0 aliphatic heterocycles. The highest BCUT2D eigenvalue weighted by atomic mass is 16.1. The molecule has 0 saturated carbocycles. The first-order chi connectivity index (χ1) is 9.26. The van der Waals surface area contributed by atoms with Crippen LogP contribution in [0.1, 0.15) is 26.2 Å². The van der Waals surface area contributed by atoms with Crippen molar-refractivity contribution in [2.75, 3.05) is 13.2 Å². The third-order valence-corrected chi connectivity index (χ3v) is 1.85. The van der Waals surface area contributed by atoms with E-state index in [1.54, 1.807) is 0 Å². The van der Waals surface area contributed by atoms with Crippen LogP contribution in [0.3, 0.4) is 0 Å². The molecule has 1 atom stereocenters. The van der Waals surface area contributed by atoms with Gasteiger partial charge in [-0.1, -0.05) is 6.92 Å². The predicted octanol–water partition coefficient (Wildman–Crippen LogP) is 0.832. The van der Waals surface area contributed by atoms with Gasteiger partial charge in [0.25, 0.3) is 0 Å². The van der Waals surface area contributed by atoms with Crippen molar-refractivity contribution in [3.8, 4) is 0 Å². The van der Waals surface area contributed by atoms with Crippen molar-refractivity contribution in [1.29, 1.82) is 0 Å². The van der Waals surface area contributed by atoms with E-state index < -0.39 is 0 Å². The van der Waals surface area contributed by atoms with E-state index in [1.165, 1.54) is 24.3 Å². The summed E-state index contributed by atoms with van der Waals surface area (Å²) >= 11 is 0.